The largest absolute Gasteiger partial charge is 0.486 e. The molecule has 0 aliphatic carbocycles. The van der Waals surface area contributed by atoms with Gasteiger partial charge in [0.25, 0.3) is 10.0 Å². The van der Waals surface area contributed by atoms with Crippen LogP contribution in [-0.2, 0) is 10.0 Å². The van der Waals surface area contributed by atoms with Crippen molar-refractivity contribution >= 4 is 21.5 Å². The molecular weight excluding hydrogens is 294 g/mol. The number of nitrogens with zero attached hydrogens (tertiary/aromatic N) is 1. The highest BCUT2D eigenvalue weighted by molar-refractivity contribution is 7.92. The molecular formula is C12H15N5O3S. The number of aromatic nitrogens is 2. The highest BCUT2D eigenvalue weighted by Gasteiger charge is 2.16. The molecule has 0 amide bonds. The van der Waals surface area contributed by atoms with Gasteiger partial charge in [0.1, 0.15) is 24.0 Å². The summed E-state index contributed by atoms with van der Waals surface area (Å²) in [6.07, 6.45) is 1.24. The molecule has 0 spiro atoms. The highest BCUT2D eigenvalue weighted by atomic mass is 32.2. The Kier molecular flexibility index (Phi) is 4.13. The summed E-state index contributed by atoms with van der Waals surface area (Å²) in [5, 5.41) is 7.07. The van der Waals surface area contributed by atoms with Crippen LogP contribution in [-0.4, -0.2) is 30.8 Å². The fourth-order valence-corrected chi connectivity index (χ4v) is 2.58. The van der Waals surface area contributed by atoms with Crippen LogP contribution in [0.1, 0.15) is 5.82 Å². The lowest BCUT2D eigenvalue weighted by Gasteiger charge is -2.09. The molecule has 9 heteroatoms. The molecule has 0 saturated carbocycles. The van der Waals surface area contributed by atoms with E-state index in [0.29, 0.717) is 17.3 Å². The molecule has 0 radical (unpaired) electrons. The second-order valence-electron chi connectivity index (χ2n) is 4.28. The summed E-state index contributed by atoms with van der Waals surface area (Å²) in [6.45, 7) is 1.60. The van der Waals surface area contributed by atoms with Crippen molar-refractivity contribution in [3.63, 3.8) is 0 Å². The Labute approximate surface area is 121 Å². The summed E-state index contributed by atoms with van der Waals surface area (Å²) in [4.78, 5) is 6.51. The SMILES string of the molecule is Cc1ncc(S(=O)(=O)Nc2cccc(OCC(=N)N)c2)[nH]1. The minimum atomic E-state index is -3.73. The summed E-state index contributed by atoms with van der Waals surface area (Å²) in [5.41, 5.74) is 5.53. The van der Waals surface area contributed by atoms with E-state index in [1.54, 1.807) is 25.1 Å². The minimum absolute atomic E-state index is 0.0185. The topological polar surface area (TPSA) is 134 Å². The van der Waals surface area contributed by atoms with E-state index in [4.69, 9.17) is 15.9 Å². The van der Waals surface area contributed by atoms with Crippen LogP contribution < -0.4 is 15.2 Å². The number of hydrogen-bond donors (Lipinski definition) is 4. The standard InChI is InChI=1S/C12H15N5O3S/c1-8-15-6-12(16-8)21(18,19)17-9-3-2-4-10(5-9)20-7-11(13)14/h2-6,17H,7H2,1H3,(H3,13,14)(H,15,16). The smallest absolute Gasteiger partial charge is 0.278 e. The number of rotatable bonds is 6. The third kappa shape index (κ3) is 3.96. The van der Waals surface area contributed by atoms with Crippen molar-refractivity contribution in [2.75, 3.05) is 11.3 Å². The Bertz CT molecular complexity index is 754. The lowest BCUT2D eigenvalue weighted by molar-refractivity contribution is 0.374. The Hall–Kier alpha value is -2.55. The molecule has 1 aromatic carbocycles. The number of amidine groups is 1. The molecule has 0 atom stereocenters. The lowest BCUT2D eigenvalue weighted by atomic mass is 10.3. The number of H-pyrrole nitrogens is 1. The summed E-state index contributed by atoms with van der Waals surface area (Å²) in [6, 6.07) is 6.36. The van der Waals surface area contributed by atoms with Crippen molar-refractivity contribution in [2.24, 2.45) is 5.73 Å². The average molecular weight is 309 g/mol. The van der Waals surface area contributed by atoms with Crippen molar-refractivity contribution in [2.45, 2.75) is 11.9 Å². The van der Waals surface area contributed by atoms with Crippen LogP contribution in [0.4, 0.5) is 5.69 Å². The van der Waals surface area contributed by atoms with E-state index >= 15 is 0 Å². The lowest BCUT2D eigenvalue weighted by Crippen LogP contribution is -2.19. The predicted molar refractivity (Wildman–Crippen MR) is 78.0 cm³/mol. The fourth-order valence-electron chi connectivity index (χ4n) is 1.56. The minimum Gasteiger partial charge on any atom is -0.486 e. The summed E-state index contributed by atoms with van der Waals surface area (Å²) in [5.74, 6) is 0.800. The van der Waals surface area contributed by atoms with Crippen molar-refractivity contribution in [3.8, 4) is 5.75 Å². The number of nitrogens with one attached hydrogen (secondary N) is 3. The van der Waals surface area contributed by atoms with Crippen molar-refractivity contribution < 1.29 is 13.2 Å². The van der Waals surface area contributed by atoms with Crippen LogP contribution >= 0.6 is 0 Å². The van der Waals surface area contributed by atoms with Gasteiger partial charge in [-0.3, -0.25) is 10.1 Å². The monoisotopic (exact) mass is 309 g/mol. The van der Waals surface area contributed by atoms with Crippen LogP contribution in [0.25, 0.3) is 0 Å². The molecule has 0 saturated heterocycles. The van der Waals surface area contributed by atoms with Gasteiger partial charge >= 0.3 is 0 Å². The second kappa shape index (κ2) is 5.83. The number of imidazole rings is 1. The molecule has 0 bridgehead atoms. The molecule has 2 rings (SSSR count). The molecule has 21 heavy (non-hydrogen) atoms. The normalized spacial score (nSPS) is 11.1. The van der Waals surface area contributed by atoms with Crippen LogP contribution in [0.2, 0.25) is 0 Å². The van der Waals surface area contributed by atoms with E-state index in [0.717, 1.165) is 0 Å². The number of aryl methyl sites for hydroxylation is 1. The Morgan fingerprint density at radius 1 is 1.52 bits per heavy atom. The first-order valence-electron chi connectivity index (χ1n) is 5.97. The number of hydrogen-bond acceptors (Lipinski definition) is 5. The summed E-state index contributed by atoms with van der Waals surface area (Å²) in [7, 11) is -3.73. The molecule has 0 aliphatic rings. The van der Waals surface area contributed by atoms with Crippen LogP contribution in [0.3, 0.4) is 0 Å². The molecule has 112 valence electrons. The first kappa shape index (κ1) is 14.9. The first-order chi connectivity index (χ1) is 9.87. The maximum absolute atomic E-state index is 12.1. The van der Waals surface area contributed by atoms with Crippen molar-refractivity contribution in [1.29, 1.82) is 5.41 Å². The van der Waals surface area contributed by atoms with Crippen LogP contribution in [0.5, 0.6) is 5.75 Å². The highest BCUT2D eigenvalue weighted by Crippen LogP contribution is 2.20. The van der Waals surface area contributed by atoms with Crippen molar-refractivity contribution in [3.05, 3.63) is 36.3 Å². The Balaban J connectivity index is 2.16. The van der Waals surface area contributed by atoms with Gasteiger partial charge in [0.2, 0.25) is 0 Å². The van der Waals surface area contributed by atoms with Gasteiger partial charge in [-0.2, -0.15) is 8.42 Å². The number of sulfonamides is 1. The van der Waals surface area contributed by atoms with Gasteiger partial charge in [-0.15, -0.1) is 0 Å². The third-order valence-corrected chi connectivity index (χ3v) is 3.74. The summed E-state index contributed by atoms with van der Waals surface area (Å²) < 4.78 is 31.9. The Morgan fingerprint density at radius 3 is 2.90 bits per heavy atom. The van der Waals surface area contributed by atoms with Crippen LogP contribution in [0, 0.1) is 12.3 Å². The zero-order valence-electron chi connectivity index (χ0n) is 11.3. The number of aromatic amines is 1. The summed E-state index contributed by atoms with van der Waals surface area (Å²) >= 11 is 0. The van der Waals surface area contributed by atoms with E-state index < -0.39 is 10.0 Å². The fraction of sp³-hybridized carbons (Fsp3) is 0.167. The number of benzene rings is 1. The van der Waals surface area contributed by atoms with Gasteiger partial charge in [0, 0.05) is 6.07 Å². The molecule has 1 aromatic heterocycles. The maximum Gasteiger partial charge on any atom is 0.278 e. The number of anilines is 1. The van der Waals surface area contributed by atoms with Gasteiger partial charge in [0.05, 0.1) is 11.9 Å². The number of nitrogens with two attached hydrogens (primary N) is 1. The number of ether oxygens (including phenoxy) is 1. The molecule has 1 heterocycles. The molecule has 0 fully saturated rings. The zero-order valence-corrected chi connectivity index (χ0v) is 12.1. The quantitative estimate of drug-likeness (QED) is 0.463. The molecule has 0 unspecified atom stereocenters. The molecule has 8 nitrogen and oxygen atoms in total. The molecule has 2 aromatic rings. The van der Waals surface area contributed by atoms with Gasteiger partial charge in [-0.05, 0) is 19.1 Å². The first-order valence-corrected chi connectivity index (χ1v) is 7.45. The predicted octanol–water partition coefficient (Wildman–Crippen LogP) is 0.834. The van der Waals surface area contributed by atoms with E-state index in [-0.39, 0.29) is 17.5 Å². The van der Waals surface area contributed by atoms with E-state index in [1.807, 2.05) is 0 Å². The zero-order chi connectivity index (χ0) is 15.5. The van der Waals surface area contributed by atoms with Gasteiger partial charge in [-0.1, -0.05) is 6.07 Å². The third-order valence-electron chi connectivity index (χ3n) is 2.45. The van der Waals surface area contributed by atoms with Gasteiger partial charge in [-0.25, -0.2) is 4.98 Å². The maximum atomic E-state index is 12.1. The molecule has 0 aliphatic heterocycles. The second-order valence-corrected chi connectivity index (χ2v) is 5.93. The molecule has 5 N–H and O–H groups in total. The van der Waals surface area contributed by atoms with Crippen LogP contribution in [0.15, 0.2) is 35.5 Å². The van der Waals surface area contributed by atoms with E-state index in [2.05, 4.69) is 14.7 Å². The van der Waals surface area contributed by atoms with Gasteiger partial charge < -0.3 is 15.5 Å². The van der Waals surface area contributed by atoms with E-state index in [9.17, 15) is 8.42 Å². The van der Waals surface area contributed by atoms with E-state index in [1.165, 1.54) is 12.3 Å². The average Bonchev–Trinajstić information content (AvgIpc) is 2.84. The van der Waals surface area contributed by atoms with Gasteiger partial charge in [0.15, 0.2) is 5.03 Å². The van der Waals surface area contributed by atoms with Crippen molar-refractivity contribution in [1.82, 2.24) is 9.97 Å². The Morgan fingerprint density at radius 2 is 2.29 bits per heavy atom.